The summed E-state index contributed by atoms with van der Waals surface area (Å²) in [6.07, 6.45) is 4.56. The Hall–Kier alpha value is -2.06. The molecule has 0 unspecified atom stereocenters. The molecule has 19 heavy (non-hydrogen) atoms. The quantitative estimate of drug-likeness (QED) is 0.582. The minimum absolute atomic E-state index is 0.398. The van der Waals surface area contributed by atoms with Crippen LogP contribution in [-0.4, -0.2) is 6.21 Å². The highest BCUT2D eigenvalue weighted by molar-refractivity contribution is 6.33. The van der Waals surface area contributed by atoms with Crippen molar-refractivity contribution in [2.75, 3.05) is 0 Å². The van der Waals surface area contributed by atoms with E-state index in [2.05, 4.69) is 17.9 Å². The molecule has 0 amide bonds. The predicted molar refractivity (Wildman–Crippen MR) is 79.3 cm³/mol. The molecule has 2 aromatic carbocycles. The van der Waals surface area contributed by atoms with Crippen molar-refractivity contribution in [3.8, 4) is 0 Å². The molecule has 95 valence electrons. The van der Waals surface area contributed by atoms with Crippen molar-refractivity contribution in [3.63, 3.8) is 0 Å². The summed E-state index contributed by atoms with van der Waals surface area (Å²) in [5.74, 6) is 0. The lowest BCUT2D eigenvalue weighted by molar-refractivity contribution is 0.132. The van der Waals surface area contributed by atoms with Gasteiger partial charge >= 0.3 is 0 Å². The van der Waals surface area contributed by atoms with Crippen molar-refractivity contribution in [2.24, 2.45) is 5.16 Å². The lowest BCUT2D eigenvalue weighted by atomic mass is 10.1. The summed E-state index contributed by atoms with van der Waals surface area (Å²) in [6.45, 7) is 4.10. The number of halogens is 1. The molecule has 0 aliphatic carbocycles. The molecule has 3 heteroatoms. The maximum absolute atomic E-state index is 5.97. The average Bonchev–Trinajstić information content (AvgIpc) is 2.46. The highest BCUT2D eigenvalue weighted by Crippen LogP contribution is 2.12. The summed E-state index contributed by atoms with van der Waals surface area (Å²) in [7, 11) is 0. The van der Waals surface area contributed by atoms with Crippen LogP contribution in [0.3, 0.4) is 0 Å². The molecule has 0 saturated heterocycles. The Labute approximate surface area is 118 Å². The Morgan fingerprint density at radius 1 is 1.16 bits per heavy atom. The van der Waals surface area contributed by atoms with Crippen LogP contribution in [-0.2, 0) is 11.4 Å². The van der Waals surface area contributed by atoms with E-state index in [4.69, 9.17) is 16.4 Å². The van der Waals surface area contributed by atoms with Crippen LogP contribution in [0.5, 0.6) is 0 Å². The van der Waals surface area contributed by atoms with Crippen LogP contribution < -0.4 is 0 Å². The van der Waals surface area contributed by atoms with E-state index in [0.29, 0.717) is 17.2 Å². The zero-order valence-electron chi connectivity index (χ0n) is 10.3. The lowest BCUT2D eigenvalue weighted by Gasteiger charge is -2.00. The van der Waals surface area contributed by atoms with Crippen molar-refractivity contribution >= 4 is 23.9 Å². The van der Waals surface area contributed by atoms with Crippen LogP contribution in [0, 0.1) is 0 Å². The van der Waals surface area contributed by atoms with Gasteiger partial charge in [0.1, 0.15) is 12.8 Å². The van der Waals surface area contributed by atoms with E-state index < -0.39 is 0 Å². The molecular weight excluding hydrogens is 258 g/mol. The van der Waals surface area contributed by atoms with Gasteiger partial charge in [-0.2, -0.15) is 0 Å². The Bertz CT molecular complexity index is 576. The first-order valence-corrected chi connectivity index (χ1v) is 6.21. The third-order valence-corrected chi connectivity index (χ3v) is 2.88. The molecule has 0 atom stereocenters. The summed E-state index contributed by atoms with van der Waals surface area (Å²) in [5.41, 5.74) is 2.83. The number of benzene rings is 2. The minimum atomic E-state index is 0.398. The molecular formula is C16H13ClNO. The molecule has 0 fully saturated rings. The topological polar surface area (TPSA) is 21.6 Å². The number of hydrogen-bond acceptors (Lipinski definition) is 2. The van der Waals surface area contributed by atoms with Gasteiger partial charge in [0, 0.05) is 5.56 Å². The van der Waals surface area contributed by atoms with Gasteiger partial charge in [0.05, 0.1) is 5.02 Å². The zero-order valence-corrected chi connectivity index (χ0v) is 11.1. The van der Waals surface area contributed by atoms with Gasteiger partial charge in [0.25, 0.3) is 0 Å². The Balaban J connectivity index is 1.89. The van der Waals surface area contributed by atoms with Gasteiger partial charge in [-0.05, 0) is 17.2 Å². The molecule has 0 aliphatic heterocycles. The van der Waals surface area contributed by atoms with Gasteiger partial charge in [-0.3, -0.25) is 0 Å². The van der Waals surface area contributed by atoms with Crippen molar-refractivity contribution < 1.29 is 4.84 Å². The van der Waals surface area contributed by atoms with Crippen LogP contribution in [0.1, 0.15) is 16.7 Å². The highest BCUT2D eigenvalue weighted by Gasteiger charge is 1.96. The summed E-state index contributed by atoms with van der Waals surface area (Å²) in [5, 5.41) is 4.39. The Kier molecular flexibility index (Phi) is 4.76. The zero-order chi connectivity index (χ0) is 13.5. The SMILES string of the molecule is C=Cc1ccc(CO/N=[C]\c2ccccc2Cl)cc1. The second kappa shape index (κ2) is 6.76. The third kappa shape index (κ3) is 3.97. The van der Waals surface area contributed by atoms with Gasteiger partial charge in [0.15, 0.2) is 0 Å². The monoisotopic (exact) mass is 270 g/mol. The average molecular weight is 271 g/mol. The standard InChI is InChI=1S/C16H13ClNO/c1-2-13-7-9-14(10-8-13)12-19-18-11-15-5-3-4-6-16(15)17/h2-10H,1,12H2. The largest absolute Gasteiger partial charge is 0.390 e. The van der Waals surface area contributed by atoms with E-state index >= 15 is 0 Å². The normalized spacial score (nSPS) is 10.6. The minimum Gasteiger partial charge on any atom is -0.390 e. The second-order valence-electron chi connectivity index (χ2n) is 3.90. The molecule has 2 aromatic rings. The van der Waals surface area contributed by atoms with Crippen molar-refractivity contribution in [1.82, 2.24) is 0 Å². The summed E-state index contributed by atoms with van der Waals surface area (Å²) in [4.78, 5) is 5.18. The molecule has 0 aliphatic rings. The van der Waals surface area contributed by atoms with Crippen molar-refractivity contribution in [3.05, 3.63) is 76.8 Å². The molecule has 0 bridgehead atoms. The Morgan fingerprint density at radius 3 is 2.58 bits per heavy atom. The second-order valence-corrected chi connectivity index (χ2v) is 4.31. The molecule has 2 nitrogen and oxygen atoms in total. The van der Waals surface area contributed by atoms with E-state index in [-0.39, 0.29) is 0 Å². The van der Waals surface area contributed by atoms with Gasteiger partial charge in [0.2, 0.25) is 0 Å². The van der Waals surface area contributed by atoms with E-state index in [1.807, 2.05) is 42.5 Å². The smallest absolute Gasteiger partial charge is 0.142 e. The lowest BCUT2D eigenvalue weighted by Crippen LogP contribution is -1.89. The molecule has 0 saturated carbocycles. The first kappa shape index (κ1) is 13.4. The van der Waals surface area contributed by atoms with E-state index in [1.165, 1.54) is 0 Å². The first-order chi connectivity index (χ1) is 9.29. The van der Waals surface area contributed by atoms with Gasteiger partial charge in [-0.25, -0.2) is 0 Å². The van der Waals surface area contributed by atoms with Gasteiger partial charge in [-0.15, -0.1) is 0 Å². The fourth-order valence-corrected chi connectivity index (χ4v) is 1.67. The molecule has 0 heterocycles. The predicted octanol–water partition coefficient (Wildman–Crippen LogP) is 4.41. The summed E-state index contributed by atoms with van der Waals surface area (Å²) >= 11 is 5.97. The Morgan fingerprint density at radius 2 is 1.89 bits per heavy atom. The highest BCUT2D eigenvalue weighted by atomic mass is 35.5. The molecule has 0 spiro atoms. The van der Waals surface area contributed by atoms with E-state index in [9.17, 15) is 0 Å². The van der Waals surface area contributed by atoms with Crippen LogP contribution in [0.25, 0.3) is 6.08 Å². The van der Waals surface area contributed by atoms with Gasteiger partial charge in [-0.1, -0.05) is 71.9 Å². The molecule has 0 N–H and O–H groups in total. The number of rotatable bonds is 5. The fraction of sp³-hybridized carbons (Fsp3) is 0.0625. The van der Waals surface area contributed by atoms with E-state index in [0.717, 1.165) is 11.1 Å². The van der Waals surface area contributed by atoms with E-state index in [1.54, 1.807) is 12.1 Å². The fourth-order valence-electron chi connectivity index (χ4n) is 1.49. The maximum atomic E-state index is 5.97. The first-order valence-electron chi connectivity index (χ1n) is 5.83. The van der Waals surface area contributed by atoms with Crippen LogP contribution in [0.2, 0.25) is 5.02 Å². The molecule has 0 aromatic heterocycles. The molecule has 2 rings (SSSR count). The van der Waals surface area contributed by atoms with Crippen molar-refractivity contribution in [1.29, 1.82) is 0 Å². The van der Waals surface area contributed by atoms with Crippen LogP contribution >= 0.6 is 11.6 Å². The molecule has 1 radical (unpaired) electrons. The van der Waals surface area contributed by atoms with Crippen LogP contribution in [0.4, 0.5) is 0 Å². The number of hydrogen-bond donors (Lipinski definition) is 0. The van der Waals surface area contributed by atoms with Crippen molar-refractivity contribution in [2.45, 2.75) is 6.61 Å². The van der Waals surface area contributed by atoms with Gasteiger partial charge < -0.3 is 4.84 Å². The van der Waals surface area contributed by atoms with Crippen LogP contribution in [0.15, 0.2) is 60.3 Å². The maximum Gasteiger partial charge on any atom is 0.142 e. The number of nitrogens with zero attached hydrogens (tertiary/aromatic N) is 1. The summed E-state index contributed by atoms with van der Waals surface area (Å²) < 4.78 is 0. The third-order valence-electron chi connectivity index (χ3n) is 2.55. The summed E-state index contributed by atoms with van der Waals surface area (Å²) in [6, 6.07) is 15.2.